The predicted molar refractivity (Wildman–Crippen MR) is 250 cm³/mol. The molecular weight excluding hydrogens is 799 g/mol. The van der Waals surface area contributed by atoms with Crippen molar-refractivity contribution in [2.24, 2.45) is 11.3 Å². The van der Waals surface area contributed by atoms with Gasteiger partial charge in [0.25, 0.3) is 0 Å². The van der Waals surface area contributed by atoms with Crippen molar-refractivity contribution >= 4 is 29.0 Å². The third kappa shape index (κ3) is 16.5. The van der Waals surface area contributed by atoms with Crippen molar-refractivity contribution in [1.29, 1.82) is 0 Å². The van der Waals surface area contributed by atoms with E-state index in [1.165, 1.54) is 79.9 Å². The minimum absolute atomic E-state index is 0. The third-order valence-electron chi connectivity index (χ3n) is 9.71. The summed E-state index contributed by atoms with van der Waals surface area (Å²) in [5.41, 5.74) is 15.1. The zero-order valence-electron chi connectivity index (χ0n) is 37.9. The number of hydrogen-bond donors (Lipinski definition) is 0. The van der Waals surface area contributed by atoms with Crippen LogP contribution in [-0.4, -0.2) is 4.21 Å². The first-order valence-electron chi connectivity index (χ1n) is 19.6. The second kappa shape index (κ2) is 22.2. The number of rotatable bonds is 0. The van der Waals surface area contributed by atoms with Crippen LogP contribution in [-0.2, 0) is 52.3 Å². The first-order chi connectivity index (χ1) is 24.8. The van der Waals surface area contributed by atoms with Gasteiger partial charge in [-0.2, -0.15) is 107 Å². The van der Waals surface area contributed by atoms with E-state index < -0.39 is 0 Å². The van der Waals surface area contributed by atoms with E-state index in [2.05, 4.69) is 207 Å². The maximum absolute atomic E-state index is 3.67. The van der Waals surface area contributed by atoms with Crippen LogP contribution >= 0.6 is 24.8 Å². The van der Waals surface area contributed by atoms with Crippen LogP contribution in [0, 0.1) is 35.6 Å². The second-order valence-corrected chi connectivity index (χ2v) is 19.8. The molecule has 2 aliphatic rings. The zero-order valence-corrected chi connectivity index (χ0v) is 42.0. The van der Waals surface area contributed by atoms with Gasteiger partial charge in [-0.1, -0.05) is 153 Å². The third-order valence-corrected chi connectivity index (χ3v) is 9.71. The molecule has 3 heteroatoms. The molecule has 4 aromatic carbocycles. The Morgan fingerprint density at radius 2 is 0.982 bits per heavy atom. The Morgan fingerprint density at radius 1 is 0.554 bits per heavy atom. The fraction of sp³-hybridized carbons (Fsp3) is 0.453. The van der Waals surface area contributed by atoms with Crippen LogP contribution in [0.2, 0.25) is 0 Å². The van der Waals surface area contributed by atoms with Crippen molar-refractivity contribution in [2.45, 2.75) is 146 Å². The van der Waals surface area contributed by atoms with Gasteiger partial charge in [-0.3, -0.25) is 6.08 Å². The van der Waals surface area contributed by atoms with Crippen LogP contribution in [0.3, 0.4) is 0 Å². The van der Waals surface area contributed by atoms with E-state index in [-0.39, 0.29) is 46.5 Å². The van der Waals surface area contributed by atoms with E-state index >= 15 is 0 Å². The normalized spacial score (nSPS) is 14.3. The summed E-state index contributed by atoms with van der Waals surface area (Å²) in [5.74, 6) is 0.518. The molecule has 0 N–H and O–H groups in total. The molecule has 2 aliphatic carbocycles. The quantitative estimate of drug-likeness (QED) is 0.136. The van der Waals surface area contributed by atoms with Gasteiger partial charge in [0.15, 0.2) is 0 Å². The molecule has 0 saturated carbocycles. The van der Waals surface area contributed by atoms with Gasteiger partial charge in [0.1, 0.15) is 0 Å². The molecule has 56 heavy (non-hydrogen) atoms. The van der Waals surface area contributed by atoms with Gasteiger partial charge >= 0.3 is 28.4 Å². The Balaban J connectivity index is 0.000000745. The standard InChI is InChI=1S/C21H25.C11H17.2C10H13.CH2.2ClH.Zr/c1-20(2,3)16-7-9-18-14(12-16)11-15-13-17(21(4,5)6)8-10-19(15)18;1-8-6-9(2)10(7-8)11(3,4)5;2*1-10(2,3)9-7-5-4-6-8-9;;;;/h7-10,12H,11H2,1-6H3;7-8H,1-5H3;2*5-8H,1-3H3;1H2;2*1H;/q4*-1;;;;. The van der Waals surface area contributed by atoms with Gasteiger partial charge in [0.2, 0.25) is 0 Å². The number of fused-ring (bicyclic) bond motifs is 3. The van der Waals surface area contributed by atoms with Crippen LogP contribution < -0.4 is 0 Å². The van der Waals surface area contributed by atoms with Gasteiger partial charge in [-0.05, 0) is 39.2 Å². The Labute approximate surface area is 372 Å². The molecule has 0 aromatic heterocycles. The fourth-order valence-electron chi connectivity index (χ4n) is 6.45. The minimum atomic E-state index is 0. The number of halogens is 2. The van der Waals surface area contributed by atoms with Crippen LogP contribution in [0.4, 0.5) is 0 Å². The summed E-state index contributed by atoms with van der Waals surface area (Å²) in [5, 5.41) is 0. The molecular formula is C53H72Cl2Zr-4. The zero-order chi connectivity index (χ0) is 41.3. The first kappa shape index (κ1) is 53.7. The summed E-state index contributed by atoms with van der Waals surface area (Å²) in [7, 11) is 0. The van der Waals surface area contributed by atoms with Gasteiger partial charge < -0.3 is 0 Å². The molecule has 0 saturated heterocycles. The van der Waals surface area contributed by atoms with E-state index in [0.717, 1.165) is 6.42 Å². The summed E-state index contributed by atoms with van der Waals surface area (Å²) in [6, 6.07) is 37.5. The predicted octanol–water partition coefficient (Wildman–Crippen LogP) is 15.4. The molecule has 1 unspecified atom stereocenters. The van der Waals surface area contributed by atoms with Gasteiger partial charge in [-0.15, -0.1) is 35.9 Å². The van der Waals surface area contributed by atoms with E-state index in [1.54, 1.807) is 0 Å². The van der Waals surface area contributed by atoms with E-state index in [1.807, 2.05) is 24.3 Å². The van der Waals surface area contributed by atoms with Crippen LogP contribution in [0.25, 0.3) is 11.1 Å². The van der Waals surface area contributed by atoms with Crippen LogP contribution in [0.15, 0.2) is 96.1 Å². The Kier molecular flexibility index (Phi) is 21.3. The van der Waals surface area contributed by atoms with E-state index in [9.17, 15) is 0 Å². The van der Waals surface area contributed by atoms with Gasteiger partial charge in [0.05, 0.1) is 0 Å². The topological polar surface area (TPSA) is 0 Å². The Hall–Kier alpha value is -2.31. The fourth-order valence-corrected chi connectivity index (χ4v) is 6.45. The molecule has 0 bridgehead atoms. The molecule has 0 heterocycles. The molecule has 306 valence electrons. The molecule has 4 aromatic rings. The molecule has 1 atom stereocenters. The molecule has 0 spiro atoms. The number of hydrogen-bond acceptors (Lipinski definition) is 0. The molecule has 0 aliphatic heterocycles. The molecule has 6 rings (SSSR count). The molecule has 0 nitrogen and oxygen atoms in total. The summed E-state index contributed by atoms with van der Waals surface area (Å²) in [4.78, 5) is 0. The average molecular weight is 871 g/mol. The van der Waals surface area contributed by atoms with E-state index in [0.29, 0.717) is 11.3 Å². The Bertz CT molecular complexity index is 1720. The summed E-state index contributed by atoms with van der Waals surface area (Å²) < 4.78 is 3.34. The van der Waals surface area contributed by atoms with Crippen molar-refractivity contribution in [1.82, 2.24) is 0 Å². The van der Waals surface area contributed by atoms with Crippen molar-refractivity contribution in [3.8, 4) is 11.1 Å². The van der Waals surface area contributed by atoms with Gasteiger partial charge in [0, 0.05) is 0 Å². The van der Waals surface area contributed by atoms with Crippen molar-refractivity contribution in [2.75, 3.05) is 0 Å². The maximum atomic E-state index is 3.67. The number of benzene rings is 4. The van der Waals surface area contributed by atoms with Gasteiger partial charge in [-0.25, -0.2) is 5.57 Å². The summed E-state index contributed by atoms with van der Waals surface area (Å²) in [6.45, 7) is 38.0. The SMILES string of the molecule is CC(C)(C)c1[c-]c2c(cc1)-c1ccc(C(C)(C)C)cc1C2.CC(C)(C)c1cc[c-]cc1.CC(C)(C)c1cc[c-]cc1.CC1=[C-]C(C)C=C1C(C)(C)C.Cl.Cl.[CH2]=[Zr]. The Morgan fingerprint density at radius 3 is 1.30 bits per heavy atom. The van der Waals surface area contributed by atoms with Crippen LogP contribution in [0.5, 0.6) is 0 Å². The first-order valence-corrected chi connectivity index (χ1v) is 21.3. The van der Waals surface area contributed by atoms with Crippen molar-refractivity contribution in [3.05, 3.63) is 154 Å². The molecule has 0 fully saturated rings. The monoisotopic (exact) mass is 868 g/mol. The second-order valence-electron chi connectivity index (χ2n) is 19.8. The summed E-state index contributed by atoms with van der Waals surface area (Å²) in [6.07, 6.45) is 6.74. The van der Waals surface area contributed by atoms with Crippen LogP contribution in [0.1, 0.15) is 151 Å². The average Bonchev–Trinajstić information content (AvgIpc) is 3.63. The summed E-state index contributed by atoms with van der Waals surface area (Å²) >= 11 is 1.30. The van der Waals surface area contributed by atoms with E-state index in [4.69, 9.17) is 0 Å². The van der Waals surface area contributed by atoms with Crippen molar-refractivity contribution < 1.29 is 24.2 Å². The number of allylic oxidation sites excluding steroid dienone is 4. The molecule has 0 radical (unpaired) electrons. The molecule has 0 amide bonds. The van der Waals surface area contributed by atoms with Crippen molar-refractivity contribution in [3.63, 3.8) is 0 Å².